The van der Waals surface area contributed by atoms with Crippen LogP contribution in [0.25, 0.3) is 0 Å². The van der Waals surface area contributed by atoms with Crippen LogP contribution >= 0.6 is 0 Å². The van der Waals surface area contributed by atoms with E-state index in [1.165, 1.54) is 6.42 Å². The summed E-state index contributed by atoms with van der Waals surface area (Å²) < 4.78 is 0. The third kappa shape index (κ3) is 2.91. The Hall–Kier alpha value is -1.51. The number of aryl methyl sites for hydroxylation is 1. The quantitative estimate of drug-likeness (QED) is 0.633. The maximum atomic E-state index is 7.76. The van der Waals surface area contributed by atoms with E-state index < -0.39 is 0 Å². The van der Waals surface area contributed by atoms with Gasteiger partial charge in [-0.2, -0.15) is 0 Å². The highest BCUT2D eigenvalue weighted by molar-refractivity contribution is 6.00. The first-order chi connectivity index (χ1) is 8.79. The van der Waals surface area contributed by atoms with Crippen LogP contribution in [-0.4, -0.2) is 18.9 Å². The number of hydrogen-bond acceptors (Lipinski definition) is 2. The molecule has 1 saturated heterocycles. The van der Waals surface area contributed by atoms with Gasteiger partial charge in [-0.3, -0.25) is 5.41 Å². The van der Waals surface area contributed by atoms with Gasteiger partial charge in [0.05, 0.1) is 0 Å². The van der Waals surface area contributed by atoms with Gasteiger partial charge < -0.3 is 10.6 Å². The normalized spacial score (nSPS) is 19.8. The molecule has 0 saturated carbocycles. The van der Waals surface area contributed by atoms with Crippen molar-refractivity contribution in [2.24, 2.45) is 17.1 Å². The first kappa shape index (κ1) is 13.9. The Bertz CT molecular complexity index is 485. The maximum absolute atomic E-state index is 7.76. The van der Waals surface area contributed by atoms with Gasteiger partial charge in [-0.25, -0.2) is 0 Å². The van der Waals surface area contributed by atoms with Gasteiger partial charge in [0.15, 0.2) is 0 Å². The zero-order valence-corrected chi connectivity index (χ0v) is 12.5. The Morgan fingerprint density at radius 2 is 2.05 bits per heavy atom. The smallest absolute Gasteiger partial charge is 0.124 e. The van der Waals surface area contributed by atoms with Gasteiger partial charge in [-0.15, -0.1) is 0 Å². The lowest BCUT2D eigenvalue weighted by Crippen LogP contribution is -2.27. The summed E-state index contributed by atoms with van der Waals surface area (Å²) in [6.45, 7) is 11.1. The minimum absolute atomic E-state index is 0.165. The fourth-order valence-electron chi connectivity index (χ4n) is 2.83. The van der Waals surface area contributed by atoms with Crippen LogP contribution in [0, 0.1) is 23.7 Å². The van der Waals surface area contributed by atoms with Crippen molar-refractivity contribution >= 4 is 11.5 Å². The molecule has 2 rings (SSSR count). The Morgan fingerprint density at radius 3 is 2.58 bits per heavy atom. The lowest BCUT2D eigenvalue weighted by Gasteiger charge is -2.28. The van der Waals surface area contributed by atoms with E-state index in [2.05, 4.69) is 37.8 Å². The first-order valence-corrected chi connectivity index (χ1v) is 6.99. The number of nitrogens with one attached hydrogen (secondary N) is 1. The Labute approximate surface area is 116 Å². The van der Waals surface area contributed by atoms with E-state index in [0.717, 1.165) is 29.9 Å². The van der Waals surface area contributed by atoms with Gasteiger partial charge in [-0.1, -0.05) is 32.4 Å². The van der Waals surface area contributed by atoms with Crippen LogP contribution < -0.4 is 10.6 Å². The summed E-state index contributed by atoms with van der Waals surface area (Å²) in [5, 5.41) is 7.76. The Kier molecular flexibility index (Phi) is 3.57. The van der Waals surface area contributed by atoms with Gasteiger partial charge in [0.1, 0.15) is 5.84 Å². The van der Waals surface area contributed by atoms with Gasteiger partial charge in [0.2, 0.25) is 0 Å². The van der Waals surface area contributed by atoms with Crippen molar-refractivity contribution in [1.82, 2.24) is 0 Å². The first-order valence-electron chi connectivity index (χ1n) is 6.99. The second-order valence-electron chi connectivity index (χ2n) is 6.73. The fourth-order valence-corrected chi connectivity index (χ4v) is 2.83. The lowest BCUT2D eigenvalue weighted by molar-refractivity contribution is 0.263. The number of amidine groups is 1. The van der Waals surface area contributed by atoms with E-state index in [1.54, 1.807) is 0 Å². The molecule has 3 heteroatoms. The largest absolute Gasteiger partial charge is 0.384 e. The topological polar surface area (TPSA) is 53.1 Å². The van der Waals surface area contributed by atoms with Gasteiger partial charge >= 0.3 is 0 Å². The van der Waals surface area contributed by atoms with Gasteiger partial charge in [0, 0.05) is 24.3 Å². The monoisotopic (exact) mass is 259 g/mol. The van der Waals surface area contributed by atoms with Crippen LogP contribution in [0.4, 0.5) is 5.69 Å². The van der Waals surface area contributed by atoms with Crippen molar-refractivity contribution < 1.29 is 0 Å². The van der Waals surface area contributed by atoms with Crippen LogP contribution in [-0.2, 0) is 0 Å². The Morgan fingerprint density at radius 1 is 1.37 bits per heavy atom. The third-order valence-corrected chi connectivity index (χ3v) is 4.20. The van der Waals surface area contributed by atoms with Crippen molar-refractivity contribution in [3.8, 4) is 0 Å². The van der Waals surface area contributed by atoms with Crippen LogP contribution in [0.1, 0.15) is 38.3 Å². The van der Waals surface area contributed by atoms with E-state index in [0.29, 0.717) is 11.3 Å². The third-order valence-electron chi connectivity index (χ3n) is 4.20. The molecule has 3 N–H and O–H groups in total. The molecule has 0 aromatic heterocycles. The molecule has 1 aliphatic rings. The number of rotatable bonds is 2. The predicted octanol–water partition coefficient (Wildman–Crippen LogP) is 3.15. The summed E-state index contributed by atoms with van der Waals surface area (Å²) >= 11 is 0. The summed E-state index contributed by atoms with van der Waals surface area (Å²) in [4.78, 5) is 2.38. The summed E-state index contributed by atoms with van der Waals surface area (Å²) in [6.07, 6.45) is 1.22. The van der Waals surface area contributed by atoms with E-state index in [-0.39, 0.29) is 5.84 Å². The van der Waals surface area contributed by atoms with Crippen molar-refractivity contribution in [2.75, 3.05) is 18.0 Å². The number of hydrogen-bond donors (Lipinski definition) is 2. The molecule has 3 nitrogen and oxygen atoms in total. The zero-order valence-electron chi connectivity index (χ0n) is 12.5. The van der Waals surface area contributed by atoms with Crippen LogP contribution in [0.2, 0.25) is 0 Å². The average Bonchev–Trinajstić information content (AvgIpc) is 2.77. The minimum Gasteiger partial charge on any atom is -0.384 e. The summed E-state index contributed by atoms with van der Waals surface area (Å²) in [5.74, 6) is 0.867. The molecule has 0 aliphatic carbocycles. The van der Waals surface area contributed by atoms with Crippen LogP contribution in [0.5, 0.6) is 0 Å². The van der Waals surface area contributed by atoms with Gasteiger partial charge in [0.25, 0.3) is 0 Å². The highest BCUT2D eigenvalue weighted by Gasteiger charge is 2.32. The van der Waals surface area contributed by atoms with Crippen molar-refractivity contribution in [2.45, 2.75) is 34.1 Å². The summed E-state index contributed by atoms with van der Waals surface area (Å²) in [6, 6.07) is 6.23. The molecular formula is C16H25N3. The zero-order chi connectivity index (χ0) is 14.2. The number of nitrogen functional groups attached to an aromatic ring is 1. The standard InChI is InChI=1S/C16H25N3/c1-11-5-6-14(13(9-11)15(17)18)19-8-7-12(10-19)16(2,3)4/h5-6,9,12H,7-8,10H2,1-4H3,(H3,17,18). The van der Waals surface area contributed by atoms with Crippen LogP contribution in [0.3, 0.4) is 0 Å². The van der Waals surface area contributed by atoms with E-state index >= 15 is 0 Å². The van der Waals surface area contributed by atoms with Gasteiger partial charge in [-0.05, 0) is 36.8 Å². The molecule has 1 fully saturated rings. The molecule has 0 amide bonds. The summed E-state index contributed by atoms with van der Waals surface area (Å²) in [5.41, 5.74) is 9.21. The predicted molar refractivity (Wildman–Crippen MR) is 82.0 cm³/mol. The molecule has 1 unspecified atom stereocenters. The minimum atomic E-state index is 0.165. The second kappa shape index (κ2) is 4.87. The number of nitrogens with zero attached hydrogens (tertiary/aromatic N) is 1. The molecule has 1 aliphatic heterocycles. The van der Waals surface area contributed by atoms with Crippen molar-refractivity contribution in [3.63, 3.8) is 0 Å². The molecule has 1 aromatic rings. The number of anilines is 1. The molecule has 1 heterocycles. The van der Waals surface area contributed by atoms with E-state index in [4.69, 9.17) is 11.1 Å². The molecule has 1 aromatic carbocycles. The average molecular weight is 259 g/mol. The number of benzene rings is 1. The lowest BCUT2D eigenvalue weighted by atomic mass is 9.80. The number of nitrogens with two attached hydrogens (primary N) is 1. The molecular weight excluding hydrogens is 234 g/mol. The Balaban J connectivity index is 2.27. The molecule has 104 valence electrons. The van der Waals surface area contributed by atoms with E-state index in [9.17, 15) is 0 Å². The fraction of sp³-hybridized carbons (Fsp3) is 0.562. The second-order valence-corrected chi connectivity index (χ2v) is 6.73. The molecule has 1 atom stereocenters. The summed E-state index contributed by atoms with van der Waals surface area (Å²) in [7, 11) is 0. The molecule has 0 spiro atoms. The SMILES string of the molecule is Cc1ccc(N2CCC(C(C)(C)C)C2)c(C(=N)N)c1. The molecule has 0 radical (unpaired) electrons. The van der Waals surface area contributed by atoms with Crippen LogP contribution in [0.15, 0.2) is 18.2 Å². The highest BCUT2D eigenvalue weighted by Crippen LogP contribution is 2.36. The molecule has 0 bridgehead atoms. The highest BCUT2D eigenvalue weighted by atomic mass is 15.2. The van der Waals surface area contributed by atoms with E-state index in [1.807, 2.05) is 13.0 Å². The van der Waals surface area contributed by atoms with Crippen molar-refractivity contribution in [1.29, 1.82) is 5.41 Å². The molecule has 19 heavy (non-hydrogen) atoms. The van der Waals surface area contributed by atoms with Crippen molar-refractivity contribution in [3.05, 3.63) is 29.3 Å². The maximum Gasteiger partial charge on any atom is 0.124 e.